The Balaban J connectivity index is 1.47. The van der Waals surface area contributed by atoms with Crippen LogP contribution in [-0.2, 0) is 4.79 Å². The third-order valence-corrected chi connectivity index (χ3v) is 6.68. The minimum Gasteiger partial charge on any atom is -0.497 e. The van der Waals surface area contributed by atoms with Crippen LogP contribution in [0.2, 0.25) is 0 Å². The Bertz CT molecular complexity index is 1010. The molecule has 208 valence electrons. The van der Waals surface area contributed by atoms with Gasteiger partial charge in [0.15, 0.2) is 17.3 Å². The van der Waals surface area contributed by atoms with Crippen LogP contribution in [-0.4, -0.2) is 56.3 Å². The highest BCUT2D eigenvalue weighted by Crippen LogP contribution is 2.33. The van der Waals surface area contributed by atoms with Gasteiger partial charge in [0, 0.05) is 24.9 Å². The van der Waals surface area contributed by atoms with E-state index in [4.69, 9.17) is 14.2 Å². The minimum absolute atomic E-state index is 0.0915. The molecule has 0 aromatic heterocycles. The molecule has 0 unspecified atom stereocenters. The summed E-state index contributed by atoms with van der Waals surface area (Å²) in [6.07, 6.45) is 5.39. The van der Waals surface area contributed by atoms with E-state index in [0.717, 1.165) is 44.4 Å². The lowest BCUT2D eigenvalue weighted by Crippen LogP contribution is -2.46. The summed E-state index contributed by atoms with van der Waals surface area (Å²) in [5, 5.41) is 17.5. The maximum Gasteiger partial charge on any atom is 0.220 e. The van der Waals surface area contributed by atoms with Gasteiger partial charge in [-0.25, -0.2) is 0 Å². The molecule has 3 rings (SSSR count). The van der Waals surface area contributed by atoms with E-state index in [1.165, 1.54) is 0 Å². The molecular weight excluding hydrogens is 484 g/mol. The highest BCUT2D eigenvalue weighted by Gasteiger charge is 2.24. The molecule has 0 fully saturated rings. The van der Waals surface area contributed by atoms with Crippen LogP contribution in [0, 0.1) is 0 Å². The molecule has 3 N–H and O–H groups in total. The predicted molar refractivity (Wildman–Crippen MR) is 147 cm³/mol. The number of amides is 1. The average Bonchev–Trinajstić information content (AvgIpc) is 2.95. The maximum atomic E-state index is 12.8. The quantitative estimate of drug-likeness (QED) is 0.204. The van der Waals surface area contributed by atoms with Gasteiger partial charge < -0.3 is 30.0 Å². The Morgan fingerprint density at radius 1 is 0.947 bits per heavy atom. The molecule has 0 radical (unpaired) electrons. The molecule has 2 aromatic rings. The molecule has 8 heteroatoms. The van der Waals surface area contributed by atoms with E-state index in [0.29, 0.717) is 61.6 Å². The SMILES string of the molecule is CCCCCNC[C@@H](NC(=O)CCCCCC(=O)c1ccc(OC)cc1)[C@@H](O)c1ccc2c(c1)OCCO2. The van der Waals surface area contributed by atoms with Gasteiger partial charge >= 0.3 is 0 Å². The molecule has 0 aliphatic carbocycles. The Morgan fingerprint density at radius 2 is 1.68 bits per heavy atom. The van der Waals surface area contributed by atoms with Crippen molar-refractivity contribution >= 4 is 11.7 Å². The van der Waals surface area contributed by atoms with Gasteiger partial charge in [0.2, 0.25) is 5.91 Å². The topological polar surface area (TPSA) is 106 Å². The molecule has 0 saturated carbocycles. The molecule has 0 spiro atoms. The molecule has 8 nitrogen and oxygen atoms in total. The first kappa shape index (κ1) is 29.5. The average molecular weight is 527 g/mol. The largest absolute Gasteiger partial charge is 0.497 e. The third kappa shape index (κ3) is 9.33. The number of methoxy groups -OCH3 is 1. The van der Waals surface area contributed by atoms with Gasteiger partial charge in [-0.2, -0.15) is 0 Å². The van der Waals surface area contributed by atoms with Gasteiger partial charge in [-0.3, -0.25) is 9.59 Å². The molecule has 1 amide bonds. The van der Waals surface area contributed by atoms with Crippen molar-refractivity contribution in [2.75, 3.05) is 33.4 Å². The van der Waals surface area contributed by atoms with Crippen molar-refractivity contribution in [3.63, 3.8) is 0 Å². The number of rotatable bonds is 17. The lowest BCUT2D eigenvalue weighted by Gasteiger charge is -2.26. The van der Waals surface area contributed by atoms with Crippen molar-refractivity contribution in [1.82, 2.24) is 10.6 Å². The van der Waals surface area contributed by atoms with Crippen LogP contribution in [0.4, 0.5) is 0 Å². The summed E-state index contributed by atoms with van der Waals surface area (Å²) in [4.78, 5) is 25.1. The lowest BCUT2D eigenvalue weighted by molar-refractivity contribution is -0.122. The highest BCUT2D eigenvalue weighted by atomic mass is 16.6. The first-order chi connectivity index (χ1) is 18.5. The smallest absolute Gasteiger partial charge is 0.220 e. The van der Waals surface area contributed by atoms with Crippen LogP contribution in [0.25, 0.3) is 0 Å². The third-order valence-electron chi connectivity index (χ3n) is 6.68. The fourth-order valence-electron chi connectivity index (χ4n) is 4.42. The summed E-state index contributed by atoms with van der Waals surface area (Å²) in [5.74, 6) is 1.98. The summed E-state index contributed by atoms with van der Waals surface area (Å²) >= 11 is 0. The van der Waals surface area contributed by atoms with Crippen molar-refractivity contribution in [2.24, 2.45) is 0 Å². The van der Waals surface area contributed by atoms with Crippen LogP contribution >= 0.6 is 0 Å². The molecule has 2 atom stereocenters. The summed E-state index contributed by atoms with van der Waals surface area (Å²) in [6.45, 7) is 4.42. The zero-order valence-electron chi connectivity index (χ0n) is 22.7. The van der Waals surface area contributed by atoms with Crippen molar-refractivity contribution in [3.8, 4) is 17.2 Å². The molecule has 1 heterocycles. The zero-order chi connectivity index (χ0) is 27.2. The second-order valence-electron chi connectivity index (χ2n) is 9.65. The zero-order valence-corrected chi connectivity index (χ0v) is 22.7. The van der Waals surface area contributed by atoms with Crippen LogP contribution in [0.1, 0.15) is 80.3 Å². The number of benzene rings is 2. The Morgan fingerprint density at radius 3 is 2.42 bits per heavy atom. The van der Waals surface area contributed by atoms with Crippen molar-refractivity contribution in [3.05, 3.63) is 53.6 Å². The number of hydrogen-bond acceptors (Lipinski definition) is 7. The van der Waals surface area contributed by atoms with Crippen molar-refractivity contribution < 1.29 is 28.9 Å². The Kier molecular flexibility index (Phi) is 12.4. The number of aliphatic hydroxyl groups excluding tert-OH is 1. The van der Waals surface area contributed by atoms with Gasteiger partial charge in [0.05, 0.1) is 13.2 Å². The molecular formula is C30H42N2O6. The van der Waals surface area contributed by atoms with E-state index in [-0.39, 0.29) is 11.7 Å². The van der Waals surface area contributed by atoms with Gasteiger partial charge in [0.1, 0.15) is 25.1 Å². The fraction of sp³-hybridized carbons (Fsp3) is 0.533. The van der Waals surface area contributed by atoms with Gasteiger partial charge in [-0.05, 0) is 67.8 Å². The summed E-state index contributed by atoms with van der Waals surface area (Å²) in [6, 6.07) is 12.0. The number of ether oxygens (including phenoxy) is 3. The van der Waals surface area contributed by atoms with E-state index >= 15 is 0 Å². The van der Waals surface area contributed by atoms with Crippen LogP contribution in [0.15, 0.2) is 42.5 Å². The second-order valence-corrected chi connectivity index (χ2v) is 9.65. The first-order valence-electron chi connectivity index (χ1n) is 13.8. The standard InChI is InChI=1S/C30H42N2O6/c1-3-4-8-17-31-21-25(30(35)23-13-16-27-28(20-23)38-19-18-37-27)32-29(34)10-7-5-6-9-26(33)22-11-14-24(36-2)15-12-22/h11-16,20,25,30-31,35H,3-10,17-19,21H2,1-2H3,(H,32,34)/t25-,30+/m1/s1. The molecule has 2 aromatic carbocycles. The van der Waals surface area contributed by atoms with Crippen LogP contribution < -0.4 is 24.8 Å². The number of Topliss-reactive ketones (excluding diaryl/α,β-unsaturated/α-hetero) is 1. The van der Waals surface area contributed by atoms with E-state index in [1.807, 2.05) is 6.07 Å². The van der Waals surface area contributed by atoms with Gasteiger partial charge in [-0.1, -0.05) is 32.3 Å². The monoisotopic (exact) mass is 526 g/mol. The first-order valence-corrected chi connectivity index (χ1v) is 13.8. The Labute approximate surface area is 226 Å². The normalized spacial score (nSPS) is 14.0. The van der Waals surface area contributed by atoms with E-state index in [2.05, 4.69) is 17.6 Å². The summed E-state index contributed by atoms with van der Waals surface area (Å²) in [5.41, 5.74) is 1.35. The highest BCUT2D eigenvalue weighted by molar-refractivity contribution is 5.96. The predicted octanol–water partition coefficient (Wildman–Crippen LogP) is 4.60. The Hall–Kier alpha value is -3.10. The molecule has 38 heavy (non-hydrogen) atoms. The number of carbonyl (C=O) groups is 2. The summed E-state index contributed by atoms with van der Waals surface area (Å²) in [7, 11) is 1.60. The number of ketones is 1. The maximum absolute atomic E-state index is 12.8. The van der Waals surface area contributed by atoms with E-state index in [1.54, 1.807) is 43.5 Å². The van der Waals surface area contributed by atoms with Crippen molar-refractivity contribution in [2.45, 2.75) is 70.4 Å². The molecule has 0 saturated heterocycles. The number of carbonyl (C=O) groups excluding carboxylic acids is 2. The fourth-order valence-corrected chi connectivity index (χ4v) is 4.42. The minimum atomic E-state index is -0.893. The molecule has 0 bridgehead atoms. The number of fused-ring (bicyclic) bond motifs is 1. The molecule has 1 aliphatic heterocycles. The van der Waals surface area contributed by atoms with E-state index in [9.17, 15) is 14.7 Å². The second kappa shape index (κ2) is 16.0. The van der Waals surface area contributed by atoms with Gasteiger partial charge in [0.25, 0.3) is 0 Å². The number of nitrogens with one attached hydrogen (secondary N) is 2. The van der Waals surface area contributed by atoms with Gasteiger partial charge in [-0.15, -0.1) is 0 Å². The lowest BCUT2D eigenvalue weighted by atomic mass is 10.0. The molecule has 1 aliphatic rings. The number of unbranched alkanes of at least 4 members (excludes halogenated alkanes) is 4. The summed E-state index contributed by atoms with van der Waals surface area (Å²) < 4.78 is 16.4. The van der Waals surface area contributed by atoms with E-state index < -0.39 is 12.1 Å². The number of aliphatic hydroxyl groups is 1. The number of hydrogen-bond donors (Lipinski definition) is 3. The van der Waals surface area contributed by atoms with Crippen LogP contribution in [0.3, 0.4) is 0 Å². The van der Waals surface area contributed by atoms with Crippen LogP contribution in [0.5, 0.6) is 17.2 Å². The van der Waals surface area contributed by atoms with Crippen molar-refractivity contribution in [1.29, 1.82) is 0 Å².